The smallest absolute Gasteiger partial charge is 0.189 e. The first-order valence-electron chi connectivity index (χ1n) is 6.04. The molecule has 94 valence electrons. The van der Waals surface area contributed by atoms with Crippen molar-refractivity contribution in [3.8, 4) is 5.69 Å². The van der Waals surface area contributed by atoms with Crippen LogP contribution in [0.4, 0.5) is 4.39 Å². The van der Waals surface area contributed by atoms with Gasteiger partial charge in [0.2, 0.25) is 0 Å². The van der Waals surface area contributed by atoms with Gasteiger partial charge in [-0.15, -0.1) is 0 Å². The lowest BCUT2D eigenvalue weighted by Gasteiger charge is -2.11. The average molecular weight is 253 g/mol. The van der Waals surface area contributed by atoms with E-state index in [1.807, 2.05) is 22.8 Å². The maximum atomic E-state index is 13.3. The lowest BCUT2D eigenvalue weighted by molar-refractivity contribution is 0.618. The van der Waals surface area contributed by atoms with Gasteiger partial charge >= 0.3 is 0 Å². The number of pyridine rings is 1. The summed E-state index contributed by atoms with van der Waals surface area (Å²) in [5, 5.41) is 0.659. The quantitative estimate of drug-likeness (QED) is 0.651. The van der Waals surface area contributed by atoms with Gasteiger partial charge in [0.15, 0.2) is 5.43 Å². The number of hydrogen-bond donors (Lipinski definition) is 0. The van der Waals surface area contributed by atoms with Crippen molar-refractivity contribution in [3.05, 3.63) is 76.3 Å². The Labute approximate surface area is 109 Å². The van der Waals surface area contributed by atoms with Crippen molar-refractivity contribution in [2.75, 3.05) is 0 Å². The second-order valence-corrected chi connectivity index (χ2v) is 4.50. The summed E-state index contributed by atoms with van der Waals surface area (Å²) >= 11 is 0. The third-order valence-corrected chi connectivity index (χ3v) is 3.22. The maximum Gasteiger partial charge on any atom is 0.189 e. The van der Waals surface area contributed by atoms with E-state index in [0.29, 0.717) is 10.9 Å². The average Bonchev–Trinajstić information content (AvgIpc) is 2.43. The van der Waals surface area contributed by atoms with Crippen molar-refractivity contribution in [2.45, 2.75) is 6.92 Å². The molecule has 0 amide bonds. The van der Waals surface area contributed by atoms with E-state index in [2.05, 4.69) is 0 Å². The highest BCUT2D eigenvalue weighted by molar-refractivity contribution is 5.80. The zero-order valence-electron chi connectivity index (χ0n) is 10.4. The molecule has 0 saturated heterocycles. The van der Waals surface area contributed by atoms with E-state index in [4.69, 9.17) is 0 Å². The van der Waals surface area contributed by atoms with Crippen LogP contribution >= 0.6 is 0 Å². The monoisotopic (exact) mass is 253 g/mol. The molecular formula is C16H12FNO. The van der Waals surface area contributed by atoms with Gasteiger partial charge in [-0.1, -0.05) is 12.1 Å². The van der Waals surface area contributed by atoms with Crippen LogP contribution in [-0.2, 0) is 0 Å². The van der Waals surface area contributed by atoms with E-state index in [-0.39, 0.29) is 11.2 Å². The summed E-state index contributed by atoms with van der Waals surface area (Å²) in [5.74, 6) is -0.228. The Balaban J connectivity index is 2.34. The molecular weight excluding hydrogens is 241 g/mol. The predicted octanol–water partition coefficient (Wildman–Crippen LogP) is 3.44. The van der Waals surface area contributed by atoms with Crippen molar-refractivity contribution < 1.29 is 4.39 Å². The first-order valence-corrected chi connectivity index (χ1v) is 6.04. The van der Waals surface area contributed by atoms with Crippen molar-refractivity contribution >= 4 is 10.9 Å². The fraction of sp³-hybridized carbons (Fsp3) is 0.0625. The lowest BCUT2D eigenvalue weighted by Crippen LogP contribution is -2.06. The molecule has 2 aromatic carbocycles. The molecule has 3 rings (SSSR count). The Morgan fingerprint density at radius 2 is 1.84 bits per heavy atom. The van der Waals surface area contributed by atoms with Crippen LogP contribution in [0, 0.1) is 12.7 Å². The number of fused-ring (bicyclic) bond motifs is 1. The first kappa shape index (κ1) is 11.7. The fourth-order valence-corrected chi connectivity index (χ4v) is 2.21. The Morgan fingerprint density at radius 3 is 2.63 bits per heavy atom. The minimum Gasteiger partial charge on any atom is -0.316 e. The third kappa shape index (κ3) is 1.93. The molecule has 19 heavy (non-hydrogen) atoms. The zero-order valence-corrected chi connectivity index (χ0v) is 10.4. The number of rotatable bonds is 1. The molecule has 0 aliphatic heterocycles. The van der Waals surface area contributed by atoms with Crippen molar-refractivity contribution in [1.29, 1.82) is 0 Å². The van der Waals surface area contributed by atoms with Crippen LogP contribution in [0.3, 0.4) is 0 Å². The van der Waals surface area contributed by atoms with E-state index in [9.17, 15) is 9.18 Å². The zero-order chi connectivity index (χ0) is 13.4. The molecule has 0 N–H and O–H groups in total. The number of nitrogens with zero attached hydrogens (tertiary/aromatic N) is 1. The summed E-state index contributed by atoms with van der Waals surface area (Å²) in [6.07, 6.45) is 1.72. The molecule has 0 aliphatic carbocycles. The van der Waals surface area contributed by atoms with Crippen LogP contribution in [-0.4, -0.2) is 4.57 Å². The van der Waals surface area contributed by atoms with Gasteiger partial charge in [0.1, 0.15) is 5.82 Å². The molecule has 0 bridgehead atoms. The van der Waals surface area contributed by atoms with Crippen LogP contribution in [0.1, 0.15) is 5.56 Å². The predicted molar refractivity (Wildman–Crippen MR) is 74.2 cm³/mol. The minimum absolute atomic E-state index is 0.00863. The summed E-state index contributed by atoms with van der Waals surface area (Å²) < 4.78 is 15.2. The molecule has 0 aliphatic rings. The number of benzene rings is 2. The normalized spacial score (nSPS) is 10.8. The van der Waals surface area contributed by atoms with E-state index in [0.717, 1.165) is 11.2 Å². The summed E-state index contributed by atoms with van der Waals surface area (Å²) in [4.78, 5) is 11.8. The minimum atomic E-state index is -0.228. The number of halogens is 1. The van der Waals surface area contributed by atoms with Crippen LogP contribution in [0.25, 0.3) is 16.6 Å². The van der Waals surface area contributed by atoms with Gasteiger partial charge < -0.3 is 4.57 Å². The summed E-state index contributed by atoms with van der Waals surface area (Å²) in [7, 11) is 0. The number of hydrogen-bond acceptors (Lipinski definition) is 1. The molecule has 3 heteroatoms. The Bertz CT molecular complexity index is 820. The standard InChI is InChI=1S/C16H12FNO/c1-11-10-12(6-7-14(11)17)18-9-8-16(19)13-4-2-3-5-15(13)18/h2-10H,1H3. The molecule has 0 unspecified atom stereocenters. The highest BCUT2D eigenvalue weighted by Gasteiger charge is 2.05. The molecule has 2 nitrogen and oxygen atoms in total. The highest BCUT2D eigenvalue weighted by atomic mass is 19.1. The second-order valence-electron chi connectivity index (χ2n) is 4.50. The van der Waals surface area contributed by atoms with Gasteiger partial charge in [0, 0.05) is 23.3 Å². The molecule has 1 heterocycles. The lowest BCUT2D eigenvalue weighted by atomic mass is 10.1. The van der Waals surface area contributed by atoms with E-state index >= 15 is 0 Å². The number of aromatic nitrogens is 1. The van der Waals surface area contributed by atoms with Gasteiger partial charge in [-0.3, -0.25) is 4.79 Å². The SMILES string of the molecule is Cc1cc(-n2ccc(=O)c3ccccc32)ccc1F. The van der Waals surface area contributed by atoms with Crippen LogP contribution in [0.5, 0.6) is 0 Å². The summed E-state index contributed by atoms with van der Waals surface area (Å²) in [6.45, 7) is 1.73. The molecule has 0 atom stereocenters. The van der Waals surface area contributed by atoms with E-state index in [1.165, 1.54) is 12.1 Å². The number of aryl methyl sites for hydroxylation is 1. The van der Waals surface area contributed by atoms with Crippen molar-refractivity contribution in [2.24, 2.45) is 0 Å². The third-order valence-electron chi connectivity index (χ3n) is 3.22. The Hall–Kier alpha value is -2.42. The Kier molecular flexibility index (Phi) is 2.67. The topological polar surface area (TPSA) is 22.0 Å². The molecule has 1 aromatic heterocycles. The van der Waals surface area contributed by atoms with Gasteiger partial charge in [-0.2, -0.15) is 0 Å². The molecule has 3 aromatic rings. The van der Waals surface area contributed by atoms with Crippen molar-refractivity contribution in [1.82, 2.24) is 4.57 Å². The van der Waals surface area contributed by atoms with Gasteiger partial charge in [-0.05, 0) is 42.8 Å². The first-order chi connectivity index (χ1) is 9.16. The molecule has 0 saturated carbocycles. The summed E-state index contributed by atoms with van der Waals surface area (Å²) in [5.41, 5.74) is 2.24. The second kappa shape index (κ2) is 4.35. The molecule has 0 fully saturated rings. The van der Waals surface area contributed by atoms with E-state index < -0.39 is 0 Å². The van der Waals surface area contributed by atoms with Crippen LogP contribution < -0.4 is 5.43 Å². The van der Waals surface area contributed by atoms with Crippen LogP contribution in [0.15, 0.2) is 59.5 Å². The van der Waals surface area contributed by atoms with Crippen LogP contribution in [0.2, 0.25) is 0 Å². The Morgan fingerprint density at radius 1 is 1.05 bits per heavy atom. The largest absolute Gasteiger partial charge is 0.316 e. The fourth-order valence-electron chi connectivity index (χ4n) is 2.21. The van der Waals surface area contributed by atoms with E-state index in [1.54, 1.807) is 31.3 Å². The molecule has 0 radical (unpaired) electrons. The van der Waals surface area contributed by atoms with Gasteiger partial charge in [0.05, 0.1) is 5.52 Å². The van der Waals surface area contributed by atoms with Crippen molar-refractivity contribution in [3.63, 3.8) is 0 Å². The highest BCUT2D eigenvalue weighted by Crippen LogP contribution is 2.18. The number of para-hydroxylation sites is 1. The van der Waals surface area contributed by atoms with Gasteiger partial charge in [0.25, 0.3) is 0 Å². The van der Waals surface area contributed by atoms with Gasteiger partial charge in [-0.25, -0.2) is 4.39 Å². The maximum absolute atomic E-state index is 13.3. The summed E-state index contributed by atoms with van der Waals surface area (Å²) in [6, 6.07) is 13.8. The molecule has 0 spiro atoms.